The number of thioether (sulfide) groups is 1. The van der Waals surface area contributed by atoms with Gasteiger partial charge < -0.3 is 15.4 Å². The Balaban J connectivity index is 2.03. The van der Waals surface area contributed by atoms with Crippen LogP contribution < -0.4 is 10.6 Å². The van der Waals surface area contributed by atoms with Crippen molar-refractivity contribution in [3.63, 3.8) is 0 Å². The second-order valence-corrected chi connectivity index (χ2v) is 8.24. The molecule has 1 amide bonds. The number of anilines is 1. The number of hydrogen-bond donors (Lipinski definition) is 2. The van der Waals surface area contributed by atoms with E-state index < -0.39 is 0 Å². The third-order valence-electron chi connectivity index (χ3n) is 4.26. The average Bonchev–Trinajstić information content (AvgIpc) is 2.49. The maximum Gasteiger partial charge on any atom is 0.242 e. The predicted octanol–water partition coefficient (Wildman–Crippen LogP) is 2.70. The van der Waals surface area contributed by atoms with Gasteiger partial charge in [-0.05, 0) is 65.0 Å². The minimum atomic E-state index is -0.334. The van der Waals surface area contributed by atoms with Crippen molar-refractivity contribution in [3.8, 4) is 0 Å². The molecule has 0 radical (unpaired) electrons. The minimum Gasteiger partial charge on any atom is -0.375 e. The highest BCUT2D eigenvalue weighted by molar-refractivity contribution is 7.98. The molecule has 2 atom stereocenters. The van der Waals surface area contributed by atoms with Crippen LogP contribution in [0.25, 0.3) is 0 Å². The lowest BCUT2D eigenvalue weighted by molar-refractivity contribution is -0.124. The van der Waals surface area contributed by atoms with Crippen LogP contribution in [-0.4, -0.2) is 52.2 Å². The third kappa shape index (κ3) is 6.47. The van der Waals surface area contributed by atoms with Gasteiger partial charge in [-0.15, -0.1) is 0 Å². The van der Waals surface area contributed by atoms with Crippen LogP contribution in [0.15, 0.2) is 6.07 Å². The number of amides is 1. The highest BCUT2D eigenvalue weighted by Crippen LogP contribution is 2.24. The molecule has 1 aliphatic rings. The second-order valence-electron chi connectivity index (χ2n) is 7.26. The number of aromatic nitrogens is 2. The van der Waals surface area contributed by atoms with Crippen LogP contribution in [0.1, 0.15) is 44.5 Å². The van der Waals surface area contributed by atoms with Gasteiger partial charge in [0.1, 0.15) is 6.04 Å². The molecule has 0 unspecified atom stereocenters. The molecule has 140 valence electrons. The van der Waals surface area contributed by atoms with Crippen LogP contribution in [0.3, 0.4) is 0 Å². The molecule has 7 heteroatoms. The van der Waals surface area contributed by atoms with Gasteiger partial charge >= 0.3 is 0 Å². The van der Waals surface area contributed by atoms with Gasteiger partial charge in [0.05, 0.1) is 5.60 Å². The Kier molecular flexibility index (Phi) is 7.07. The first kappa shape index (κ1) is 20.0. The lowest BCUT2D eigenvalue weighted by Crippen LogP contribution is -2.50. The van der Waals surface area contributed by atoms with Crippen molar-refractivity contribution >= 4 is 23.6 Å². The Morgan fingerprint density at radius 3 is 2.68 bits per heavy atom. The highest BCUT2D eigenvalue weighted by Gasteiger charge is 2.31. The van der Waals surface area contributed by atoms with Crippen LogP contribution >= 0.6 is 11.8 Å². The molecule has 0 saturated carbocycles. The van der Waals surface area contributed by atoms with Gasteiger partial charge in [0, 0.05) is 24.0 Å². The molecule has 6 nitrogen and oxygen atoms in total. The van der Waals surface area contributed by atoms with Crippen LogP contribution in [-0.2, 0) is 9.53 Å². The number of nitrogens with zero attached hydrogens (tertiary/aromatic N) is 2. The predicted molar refractivity (Wildman–Crippen MR) is 103 cm³/mol. The van der Waals surface area contributed by atoms with E-state index in [1.54, 1.807) is 11.8 Å². The number of rotatable bonds is 7. The fraction of sp³-hybridized carbons (Fsp3) is 0.722. The zero-order chi connectivity index (χ0) is 18.4. The summed E-state index contributed by atoms with van der Waals surface area (Å²) in [5, 5.41) is 6.41. The highest BCUT2D eigenvalue weighted by atomic mass is 32.2. The summed E-state index contributed by atoms with van der Waals surface area (Å²) < 4.78 is 5.73. The fourth-order valence-electron chi connectivity index (χ4n) is 3.11. The van der Waals surface area contributed by atoms with Crippen molar-refractivity contribution in [2.24, 2.45) is 0 Å². The van der Waals surface area contributed by atoms with E-state index >= 15 is 0 Å². The zero-order valence-electron chi connectivity index (χ0n) is 15.9. The van der Waals surface area contributed by atoms with Crippen molar-refractivity contribution in [3.05, 3.63) is 17.5 Å². The summed E-state index contributed by atoms with van der Waals surface area (Å²) in [4.78, 5) is 21.6. The minimum absolute atomic E-state index is 0.0134. The number of hydrogen-bond acceptors (Lipinski definition) is 6. The smallest absolute Gasteiger partial charge is 0.242 e. The SMILES string of the molecule is CSCC[C@@H](Nc1nc(C)cc(C)n1)C(=O)N[C@H]1CCOC(C)(C)C1. The van der Waals surface area contributed by atoms with Crippen molar-refractivity contribution in [2.75, 3.05) is 23.9 Å². The van der Waals surface area contributed by atoms with Gasteiger partial charge in [0.15, 0.2) is 0 Å². The summed E-state index contributed by atoms with van der Waals surface area (Å²) in [5.41, 5.74) is 1.60. The summed E-state index contributed by atoms with van der Waals surface area (Å²) in [5.74, 6) is 1.43. The average molecular weight is 367 g/mol. The molecule has 0 spiro atoms. The van der Waals surface area contributed by atoms with Gasteiger partial charge in [-0.2, -0.15) is 11.8 Å². The molecule has 0 aromatic carbocycles. The first-order valence-corrected chi connectivity index (χ1v) is 10.2. The maximum atomic E-state index is 12.8. The molecule has 0 bridgehead atoms. The maximum absolute atomic E-state index is 12.8. The molecule has 25 heavy (non-hydrogen) atoms. The Labute approximate surface area is 154 Å². The molecule has 0 aliphatic carbocycles. The molecular weight excluding hydrogens is 336 g/mol. The van der Waals surface area contributed by atoms with E-state index in [0.717, 1.165) is 36.4 Å². The van der Waals surface area contributed by atoms with E-state index in [0.29, 0.717) is 12.6 Å². The van der Waals surface area contributed by atoms with Gasteiger partial charge in [-0.3, -0.25) is 4.79 Å². The van der Waals surface area contributed by atoms with Gasteiger partial charge in [-0.25, -0.2) is 9.97 Å². The normalized spacial score (nSPS) is 20.8. The standard InChI is InChI=1S/C18H30N4O2S/c1-12-10-13(2)20-17(19-12)22-15(7-9-25-5)16(23)21-14-6-8-24-18(3,4)11-14/h10,14-15H,6-9,11H2,1-5H3,(H,21,23)(H,19,20,22)/t14-,15+/m0/s1. The molecule has 1 aromatic rings. The number of ether oxygens (including phenoxy) is 1. The molecule has 1 saturated heterocycles. The Hall–Kier alpha value is -1.34. The summed E-state index contributed by atoms with van der Waals surface area (Å²) in [6.45, 7) is 8.68. The summed E-state index contributed by atoms with van der Waals surface area (Å²) in [6, 6.07) is 1.74. The zero-order valence-corrected chi connectivity index (χ0v) is 16.7. The largest absolute Gasteiger partial charge is 0.375 e. The Morgan fingerprint density at radius 2 is 2.08 bits per heavy atom. The lowest BCUT2D eigenvalue weighted by Gasteiger charge is -2.36. The Morgan fingerprint density at radius 1 is 1.40 bits per heavy atom. The summed E-state index contributed by atoms with van der Waals surface area (Å²) in [6.07, 6.45) is 4.46. The molecule has 2 rings (SSSR count). The Bertz CT molecular complexity index is 574. The first-order chi connectivity index (χ1) is 11.8. The fourth-order valence-corrected chi connectivity index (χ4v) is 3.58. The van der Waals surface area contributed by atoms with Crippen LogP contribution in [0.5, 0.6) is 0 Å². The quantitative estimate of drug-likeness (QED) is 0.773. The molecule has 2 heterocycles. The van der Waals surface area contributed by atoms with Crippen LogP contribution in [0.4, 0.5) is 5.95 Å². The van der Waals surface area contributed by atoms with Gasteiger partial charge in [0.2, 0.25) is 11.9 Å². The molecule has 1 aliphatic heterocycles. The number of carbonyl (C=O) groups excluding carboxylic acids is 1. The van der Waals surface area contributed by atoms with E-state index in [9.17, 15) is 4.79 Å². The van der Waals surface area contributed by atoms with E-state index in [-0.39, 0.29) is 23.6 Å². The van der Waals surface area contributed by atoms with Crippen molar-refractivity contribution in [1.82, 2.24) is 15.3 Å². The second kappa shape index (κ2) is 8.85. The van der Waals surface area contributed by atoms with Crippen LogP contribution in [0.2, 0.25) is 0 Å². The summed E-state index contributed by atoms with van der Waals surface area (Å²) >= 11 is 1.73. The summed E-state index contributed by atoms with van der Waals surface area (Å²) in [7, 11) is 0. The van der Waals surface area contributed by atoms with E-state index in [1.807, 2.05) is 26.2 Å². The number of carbonyl (C=O) groups is 1. The van der Waals surface area contributed by atoms with E-state index in [1.165, 1.54) is 0 Å². The monoisotopic (exact) mass is 366 g/mol. The molecular formula is C18H30N4O2S. The lowest BCUT2D eigenvalue weighted by atomic mass is 9.93. The third-order valence-corrected chi connectivity index (χ3v) is 4.90. The number of nitrogens with one attached hydrogen (secondary N) is 2. The molecule has 1 fully saturated rings. The van der Waals surface area contributed by atoms with E-state index in [2.05, 4.69) is 34.4 Å². The number of aryl methyl sites for hydroxylation is 2. The first-order valence-electron chi connectivity index (χ1n) is 8.81. The van der Waals surface area contributed by atoms with Crippen molar-refractivity contribution < 1.29 is 9.53 Å². The topological polar surface area (TPSA) is 76.1 Å². The van der Waals surface area contributed by atoms with Gasteiger partial charge in [0.25, 0.3) is 0 Å². The van der Waals surface area contributed by atoms with Crippen molar-refractivity contribution in [1.29, 1.82) is 0 Å². The van der Waals surface area contributed by atoms with Crippen molar-refractivity contribution in [2.45, 2.75) is 64.6 Å². The van der Waals surface area contributed by atoms with E-state index in [4.69, 9.17) is 4.74 Å². The molecule has 1 aromatic heterocycles. The van der Waals surface area contributed by atoms with Crippen LogP contribution in [0, 0.1) is 13.8 Å². The molecule has 2 N–H and O–H groups in total. The van der Waals surface area contributed by atoms with Gasteiger partial charge in [-0.1, -0.05) is 0 Å².